The van der Waals surface area contributed by atoms with Crippen LogP contribution in [-0.4, -0.2) is 32.5 Å². The summed E-state index contributed by atoms with van der Waals surface area (Å²) in [5, 5.41) is 3.60. The molecule has 0 bridgehead atoms. The lowest BCUT2D eigenvalue weighted by Crippen LogP contribution is -2.33. The lowest BCUT2D eigenvalue weighted by atomic mass is 9.94. The van der Waals surface area contributed by atoms with E-state index in [1.165, 1.54) is 12.0 Å². The molecule has 21 heavy (non-hydrogen) atoms. The van der Waals surface area contributed by atoms with E-state index < -0.39 is 9.84 Å². The second kappa shape index (κ2) is 6.09. The van der Waals surface area contributed by atoms with E-state index in [-0.39, 0.29) is 0 Å². The van der Waals surface area contributed by atoms with Gasteiger partial charge in [-0.25, -0.2) is 8.42 Å². The van der Waals surface area contributed by atoms with E-state index >= 15 is 0 Å². The topological polar surface area (TPSA) is 46.2 Å². The molecule has 0 radical (unpaired) electrons. The van der Waals surface area contributed by atoms with Gasteiger partial charge in [-0.05, 0) is 49.1 Å². The minimum Gasteiger partial charge on any atom is -0.314 e. The van der Waals surface area contributed by atoms with Gasteiger partial charge in [-0.3, -0.25) is 0 Å². The molecule has 1 aromatic rings. The van der Waals surface area contributed by atoms with Gasteiger partial charge in [-0.2, -0.15) is 0 Å². The Bertz CT molecular complexity index is 570. The van der Waals surface area contributed by atoms with Crippen LogP contribution in [0.25, 0.3) is 0 Å². The molecule has 4 unspecified atom stereocenters. The molecule has 3 rings (SSSR count). The van der Waals surface area contributed by atoms with Crippen LogP contribution in [0.5, 0.6) is 0 Å². The van der Waals surface area contributed by atoms with Gasteiger partial charge in [0.15, 0.2) is 9.84 Å². The van der Waals surface area contributed by atoms with Crippen molar-refractivity contribution in [1.29, 1.82) is 0 Å². The quantitative estimate of drug-likeness (QED) is 0.878. The normalized spacial score (nSPS) is 32.0. The Labute approximate surface area is 128 Å². The first-order chi connectivity index (χ1) is 10.1. The molecule has 1 saturated heterocycles. The fourth-order valence-corrected chi connectivity index (χ4v) is 5.71. The van der Waals surface area contributed by atoms with E-state index in [0.29, 0.717) is 35.3 Å². The van der Waals surface area contributed by atoms with E-state index in [1.807, 2.05) is 0 Å². The highest BCUT2D eigenvalue weighted by Gasteiger charge is 2.44. The second-order valence-corrected chi connectivity index (χ2v) is 8.81. The molecule has 2 aliphatic rings. The van der Waals surface area contributed by atoms with Gasteiger partial charge in [0.1, 0.15) is 0 Å². The first-order valence-electron chi connectivity index (χ1n) is 8.08. The maximum Gasteiger partial charge on any atom is 0.150 e. The third-order valence-electron chi connectivity index (χ3n) is 4.96. The molecule has 3 nitrogen and oxygen atoms in total. The summed E-state index contributed by atoms with van der Waals surface area (Å²) < 4.78 is 23.3. The molecular weight excluding hydrogens is 282 g/mol. The summed E-state index contributed by atoms with van der Waals surface area (Å²) in [6, 6.07) is 11.2. The van der Waals surface area contributed by atoms with Crippen LogP contribution in [0.15, 0.2) is 30.3 Å². The lowest BCUT2D eigenvalue weighted by molar-refractivity contribution is 0.374. The Balaban J connectivity index is 1.61. The summed E-state index contributed by atoms with van der Waals surface area (Å²) >= 11 is 0. The Morgan fingerprint density at radius 2 is 2.05 bits per heavy atom. The molecule has 4 atom stereocenters. The fraction of sp³-hybridized carbons (Fsp3) is 0.647. The first-order valence-corrected chi connectivity index (χ1v) is 9.90. The summed E-state index contributed by atoms with van der Waals surface area (Å²) in [6.45, 7) is 3.10. The summed E-state index contributed by atoms with van der Waals surface area (Å²) in [5.74, 6) is 2.49. The average molecular weight is 307 g/mol. The Hall–Kier alpha value is -0.870. The zero-order valence-electron chi connectivity index (χ0n) is 12.7. The van der Waals surface area contributed by atoms with E-state index in [2.05, 4.69) is 42.6 Å². The van der Waals surface area contributed by atoms with E-state index in [1.54, 1.807) is 0 Å². The average Bonchev–Trinajstić information content (AvgIpc) is 3.19. The highest BCUT2D eigenvalue weighted by Crippen LogP contribution is 2.50. The maximum atomic E-state index is 11.6. The molecule has 0 amide bonds. The first kappa shape index (κ1) is 15.0. The van der Waals surface area contributed by atoms with Crippen molar-refractivity contribution >= 4 is 9.84 Å². The number of hydrogen-bond donors (Lipinski definition) is 1. The molecule has 0 aromatic heterocycles. The fourth-order valence-electron chi connectivity index (χ4n) is 3.83. The SMILES string of the molecule is CCNC(CC1CCS(=O)(=O)C1)C1CC1c1ccccc1. The van der Waals surface area contributed by atoms with Crippen molar-refractivity contribution in [3.8, 4) is 0 Å². The van der Waals surface area contributed by atoms with Crippen LogP contribution in [-0.2, 0) is 9.84 Å². The van der Waals surface area contributed by atoms with E-state index in [0.717, 1.165) is 19.4 Å². The van der Waals surface area contributed by atoms with Crippen molar-refractivity contribution in [2.24, 2.45) is 11.8 Å². The van der Waals surface area contributed by atoms with Gasteiger partial charge < -0.3 is 5.32 Å². The maximum absolute atomic E-state index is 11.6. The molecule has 4 heteroatoms. The van der Waals surface area contributed by atoms with E-state index in [9.17, 15) is 8.42 Å². The zero-order valence-corrected chi connectivity index (χ0v) is 13.5. The number of nitrogens with one attached hydrogen (secondary N) is 1. The standard InChI is InChI=1S/C17H25NO2S/c1-2-18-17(10-13-8-9-21(19,20)12-13)16-11-15(16)14-6-4-3-5-7-14/h3-7,13,15-18H,2,8-12H2,1H3. The third kappa shape index (κ3) is 3.67. The molecule has 1 aromatic carbocycles. The molecule has 0 spiro atoms. The minimum absolute atomic E-state index is 0.357. The Morgan fingerprint density at radius 1 is 1.29 bits per heavy atom. The van der Waals surface area contributed by atoms with Gasteiger partial charge in [0.2, 0.25) is 0 Å². The summed E-state index contributed by atoms with van der Waals surface area (Å²) in [7, 11) is -2.75. The number of rotatable bonds is 6. The molecule has 1 aliphatic carbocycles. The monoisotopic (exact) mass is 307 g/mol. The van der Waals surface area contributed by atoms with Gasteiger partial charge in [0.05, 0.1) is 11.5 Å². The molecular formula is C17H25NO2S. The molecule has 1 saturated carbocycles. The van der Waals surface area contributed by atoms with Crippen LogP contribution >= 0.6 is 0 Å². The number of hydrogen-bond acceptors (Lipinski definition) is 3. The third-order valence-corrected chi connectivity index (χ3v) is 6.80. The molecule has 1 heterocycles. The van der Waals surface area contributed by atoms with Crippen molar-refractivity contribution in [3.05, 3.63) is 35.9 Å². The van der Waals surface area contributed by atoms with Gasteiger partial charge >= 0.3 is 0 Å². The largest absolute Gasteiger partial charge is 0.314 e. The van der Waals surface area contributed by atoms with Crippen LogP contribution < -0.4 is 5.32 Å². The summed E-state index contributed by atoms with van der Waals surface area (Å²) in [6.07, 6.45) is 3.11. The second-order valence-electron chi connectivity index (χ2n) is 6.59. The summed E-state index contributed by atoms with van der Waals surface area (Å²) in [4.78, 5) is 0. The number of sulfone groups is 1. The minimum atomic E-state index is -2.75. The van der Waals surface area contributed by atoms with Crippen LogP contribution in [0.4, 0.5) is 0 Å². The van der Waals surface area contributed by atoms with Crippen molar-refractivity contribution in [2.75, 3.05) is 18.1 Å². The predicted molar refractivity (Wildman–Crippen MR) is 86.1 cm³/mol. The highest BCUT2D eigenvalue weighted by molar-refractivity contribution is 7.91. The van der Waals surface area contributed by atoms with Crippen LogP contribution in [0.3, 0.4) is 0 Å². The molecule has 1 N–H and O–H groups in total. The van der Waals surface area contributed by atoms with Crippen LogP contribution in [0.1, 0.15) is 37.7 Å². The van der Waals surface area contributed by atoms with Crippen LogP contribution in [0.2, 0.25) is 0 Å². The summed E-state index contributed by atoms with van der Waals surface area (Å²) in [5.41, 5.74) is 1.43. The Morgan fingerprint density at radius 3 is 2.67 bits per heavy atom. The molecule has 1 aliphatic heterocycles. The van der Waals surface area contributed by atoms with Crippen molar-refractivity contribution in [2.45, 2.75) is 38.1 Å². The molecule has 116 valence electrons. The van der Waals surface area contributed by atoms with Gasteiger partial charge in [-0.1, -0.05) is 37.3 Å². The van der Waals surface area contributed by atoms with Crippen molar-refractivity contribution in [3.63, 3.8) is 0 Å². The number of benzene rings is 1. The van der Waals surface area contributed by atoms with Gasteiger partial charge in [0, 0.05) is 6.04 Å². The smallest absolute Gasteiger partial charge is 0.150 e. The van der Waals surface area contributed by atoms with E-state index in [4.69, 9.17) is 0 Å². The van der Waals surface area contributed by atoms with Gasteiger partial charge in [0.25, 0.3) is 0 Å². The lowest BCUT2D eigenvalue weighted by Gasteiger charge is -2.21. The predicted octanol–water partition coefficient (Wildman–Crippen LogP) is 2.59. The van der Waals surface area contributed by atoms with Gasteiger partial charge in [-0.15, -0.1) is 0 Å². The van der Waals surface area contributed by atoms with Crippen LogP contribution in [0, 0.1) is 11.8 Å². The Kier molecular flexibility index (Phi) is 4.36. The van der Waals surface area contributed by atoms with Crippen molar-refractivity contribution in [1.82, 2.24) is 5.32 Å². The highest BCUT2D eigenvalue weighted by atomic mass is 32.2. The zero-order chi connectivity index (χ0) is 14.9. The van der Waals surface area contributed by atoms with Crippen molar-refractivity contribution < 1.29 is 8.42 Å². The molecule has 2 fully saturated rings.